The van der Waals surface area contributed by atoms with E-state index in [1.54, 1.807) is 19.9 Å². The van der Waals surface area contributed by atoms with Gasteiger partial charge in [0.2, 0.25) is 15.9 Å². The number of amides is 1. The summed E-state index contributed by atoms with van der Waals surface area (Å²) in [6.45, 7) is 6.90. The Morgan fingerprint density at radius 1 is 1.03 bits per heavy atom. The summed E-state index contributed by atoms with van der Waals surface area (Å²) < 4.78 is 39.6. The first kappa shape index (κ1) is 22.1. The van der Waals surface area contributed by atoms with E-state index in [0.717, 1.165) is 17.5 Å². The van der Waals surface area contributed by atoms with Crippen LogP contribution in [0.25, 0.3) is 0 Å². The van der Waals surface area contributed by atoms with Gasteiger partial charge >= 0.3 is 0 Å². The highest BCUT2D eigenvalue weighted by atomic mass is 32.2. The van der Waals surface area contributed by atoms with Gasteiger partial charge in [0.1, 0.15) is 6.04 Å². The second-order valence-electron chi connectivity index (χ2n) is 7.71. The fourth-order valence-corrected chi connectivity index (χ4v) is 4.40. The predicted octanol–water partition coefficient (Wildman–Crippen LogP) is 2.78. The third kappa shape index (κ3) is 5.52. The Morgan fingerprint density at radius 3 is 2.37 bits per heavy atom. The summed E-state index contributed by atoms with van der Waals surface area (Å²) in [5.74, 6) is 0.296. The van der Waals surface area contributed by atoms with E-state index in [9.17, 15) is 13.2 Å². The molecule has 0 saturated heterocycles. The first-order valence-electron chi connectivity index (χ1n) is 10.0. The van der Waals surface area contributed by atoms with Crippen LogP contribution in [0.2, 0.25) is 0 Å². The van der Waals surface area contributed by atoms with Gasteiger partial charge in [0, 0.05) is 19.0 Å². The summed E-state index contributed by atoms with van der Waals surface area (Å²) in [7, 11) is -3.93. The minimum Gasteiger partial charge on any atom is -0.490 e. The van der Waals surface area contributed by atoms with Crippen LogP contribution in [-0.2, 0) is 21.4 Å². The number of carbonyl (C=O) groups excluding carboxylic acids is 1. The van der Waals surface area contributed by atoms with E-state index in [0.29, 0.717) is 31.3 Å². The number of rotatable bonds is 7. The Morgan fingerprint density at radius 2 is 1.70 bits per heavy atom. The molecule has 0 saturated carbocycles. The van der Waals surface area contributed by atoms with Crippen LogP contribution < -0.4 is 19.5 Å². The Labute approximate surface area is 177 Å². The van der Waals surface area contributed by atoms with Gasteiger partial charge in [0.15, 0.2) is 11.5 Å². The summed E-state index contributed by atoms with van der Waals surface area (Å²) in [5, 5.41) is 2.82. The highest BCUT2D eigenvalue weighted by molar-refractivity contribution is 7.89. The van der Waals surface area contributed by atoms with Crippen molar-refractivity contribution in [3.63, 3.8) is 0 Å². The molecule has 3 rings (SSSR count). The molecule has 0 radical (unpaired) electrons. The van der Waals surface area contributed by atoms with Gasteiger partial charge in [-0.15, -0.1) is 0 Å². The molecule has 8 heteroatoms. The third-order valence-electron chi connectivity index (χ3n) is 4.85. The van der Waals surface area contributed by atoms with E-state index in [-0.39, 0.29) is 16.7 Å². The monoisotopic (exact) mass is 432 g/mol. The lowest BCUT2D eigenvalue weighted by Gasteiger charge is -2.22. The summed E-state index contributed by atoms with van der Waals surface area (Å²) >= 11 is 0. The third-order valence-corrected chi connectivity index (χ3v) is 6.29. The van der Waals surface area contributed by atoms with Gasteiger partial charge in [0.25, 0.3) is 0 Å². The Hall–Kier alpha value is -2.58. The molecule has 1 amide bonds. The molecule has 2 aromatic carbocycles. The molecule has 30 heavy (non-hydrogen) atoms. The van der Waals surface area contributed by atoms with Gasteiger partial charge < -0.3 is 14.8 Å². The maximum atomic E-state index is 12.9. The molecule has 0 unspecified atom stereocenters. The molecule has 7 nitrogen and oxygen atoms in total. The lowest BCUT2D eigenvalue weighted by molar-refractivity contribution is -0.123. The molecule has 0 aromatic heterocycles. The number of benzene rings is 2. The maximum absolute atomic E-state index is 12.9. The number of ether oxygens (including phenoxy) is 2. The highest BCUT2D eigenvalue weighted by Crippen LogP contribution is 2.32. The van der Waals surface area contributed by atoms with Crippen molar-refractivity contribution in [3.8, 4) is 11.5 Å². The Bertz CT molecular complexity index is 987. The number of nitrogens with one attached hydrogen (secondary N) is 2. The number of sulfonamides is 1. The van der Waals surface area contributed by atoms with Crippen molar-refractivity contribution in [2.75, 3.05) is 13.2 Å². The Balaban J connectivity index is 1.72. The van der Waals surface area contributed by atoms with Crippen molar-refractivity contribution in [3.05, 3.63) is 53.6 Å². The van der Waals surface area contributed by atoms with Crippen molar-refractivity contribution >= 4 is 15.9 Å². The maximum Gasteiger partial charge on any atom is 0.241 e. The molecule has 2 N–H and O–H groups in total. The van der Waals surface area contributed by atoms with Crippen molar-refractivity contribution in [2.45, 2.75) is 44.7 Å². The van der Waals surface area contributed by atoms with E-state index in [2.05, 4.69) is 10.0 Å². The molecular weight excluding hydrogens is 404 g/mol. The topological polar surface area (TPSA) is 93.7 Å². The molecule has 0 bridgehead atoms. The fourth-order valence-electron chi connectivity index (χ4n) is 3.04. The normalized spacial score (nSPS) is 14.8. The second-order valence-corrected chi connectivity index (χ2v) is 9.42. The lowest BCUT2D eigenvalue weighted by Crippen LogP contribution is -2.49. The van der Waals surface area contributed by atoms with Crippen LogP contribution in [0.3, 0.4) is 0 Å². The molecule has 162 valence electrons. The number of aryl methyl sites for hydroxylation is 1. The zero-order valence-electron chi connectivity index (χ0n) is 17.5. The van der Waals surface area contributed by atoms with Crippen molar-refractivity contribution in [1.29, 1.82) is 0 Å². The first-order valence-corrected chi connectivity index (χ1v) is 11.5. The predicted molar refractivity (Wildman–Crippen MR) is 114 cm³/mol. The van der Waals surface area contributed by atoms with Gasteiger partial charge in [-0.3, -0.25) is 4.79 Å². The molecule has 0 spiro atoms. The largest absolute Gasteiger partial charge is 0.490 e. The SMILES string of the molecule is Cc1ccc(CNC(=O)[C@@H](NS(=O)(=O)c2ccc3c(c2)OCCCO3)C(C)C)cc1. The molecule has 2 aromatic rings. The number of carbonyl (C=O) groups is 1. The minimum atomic E-state index is -3.93. The fraction of sp³-hybridized carbons (Fsp3) is 0.409. The quantitative estimate of drug-likeness (QED) is 0.702. The second kappa shape index (κ2) is 9.49. The highest BCUT2D eigenvalue weighted by Gasteiger charge is 2.29. The standard InChI is InChI=1S/C22H28N2O5S/c1-15(2)21(22(25)23-14-17-7-5-16(3)6-8-17)24-30(26,27)18-9-10-19-20(13-18)29-12-4-11-28-19/h5-10,13,15,21,24H,4,11-12,14H2,1-3H3,(H,23,25)/t21-/m0/s1. The van der Waals surface area contributed by atoms with Crippen molar-refractivity contribution in [1.82, 2.24) is 10.0 Å². The molecule has 1 aliphatic rings. The van der Waals surface area contributed by atoms with Crippen LogP contribution in [0.5, 0.6) is 11.5 Å². The van der Waals surface area contributed by atoms with Crippen molar-refractivity contribution < 1.29 is 22.7 Å². The molecule has 1 atom stereocenters. The summed E-state index contributed by atoms with van der Waals surface area (Å²) in [6, 6.07) is 11.4. The number of hydrogen-bond donors (Lipinski definition) is 2. The average molecular weight is 433 g/mol. The zero-order valence-corrected chi connectivity index (χ0v) is 18.3. The van der Waals surface area contributed by atoms with E-state index in [1.165, 1.54) is 12.1 Å². The van der Waals surface area contributed by atoms with E-state index < -0.39 is 16.1 Å². The van der Waals surface area contributed by atoms with Crippen LogP contribution in [0.1, 0.15) is 31.4 Å². The summed E-state index contributed by atoms with van der Waals surface area (Å²) in [6.07, 6.45) is 0.728. The summed E-state index contributed by atoms with van der Waals surface area (Å²) in [4.78, 5) is 12.8. The smallest absolute Gasteiger partial charge is 0.241 e. The van der Waals surface area contributed by atoms with E-state index >= 15 is 0 Å². The van der Waals surface area contributed by atoms with Gasteiger partial charge in [-0.2, -0.15) is 4.72 Å². The van der Waals surface area contributed by atoms with Crippen LogP contribution in [-0.4, -0.2) is 33.6 Å². The van der Waals surface area contributed by atoms with Crippen LogP contribution in [0.4, 0.5) is 0 Å². The van der Waals surface area contributed by atoms with Crippen LogP contribution in [0.15, 0.2) is 47.4 Å². The van der Waals surface area contributed by atoms with Crippen molar-refractivity contribution in [2.24, 2.45) is 5.92 Å². The number of hydrogen-bond acceptors (Lipinski definition) is 5. The van der Waals surface area contributed by atoms with Gasteiger partial charge in [-0.25, -0.2) is 8.42 Å². The average Bonchev–Trinajstić information content (AvgIpc) is 2.96. The van der Waals surface area contributed by atoms with Crippen LogP contribution in [0, 0.1) is 12.8 Å². The summed E-state index contributed by atoms with van der Waals surface area (Å²) in [5.41, 5.74) is 2.08. The van der Waals surface area contributed by atoms with Gasteiger partial charge in [0.05, 0.1) is 18.1 Å². The number of fused-ring (bicyclic) bond motifs is 1. The molecule has 0 fully saturated rings. The van der Waals surface area contributed by atoms with Gasteiger partial charge in [-0.05, 0) is 30.5 Å². The molecule has 0 aliphatic carbocycles. The van der Waals surface area contributed by atoms with E-state index in [4.69, 9.17) is 9.47 Å². The molecular formula is C22H28N2O5S. The minimum absolute atomic E-state index is 0.0312. The molecule has 1 heterocycles. The van der Waals surface area contributed by atoms with Gasteiger partial charge in [-0.1, -0.05) is 43.7 Å². The first-order chi connectivity index (χ1) is 14.3. The van der Waals surface area contributed by atoms with E-state index in [1.807, 2.05) is 31.2 Å². The lowest BCUT2D eigenvalue weighted by atomic mass is 10.0. The van der Waals surface area contributed by atoms with Crippen LogP contribution >= 0.6 is 0 Å². The zero-order chi connectivity index (χ0) is 21.7. The Kier molecular flexibility index (Phi) is 6.99. The molecule has 1 aliphatic heterocycles.